The SMILES string of the molecule is CCN(CC)C(=O)CSc1nnc(SCc2ccc(Br)s2)n1N. The Bertz CT molecular complexity index is 656. The van der Waals surface area contributed by atoms with Crippen molar-refractivity contribution in [3.63, 3.8) is 0 Å². The molecular formula is C13H18BrN5OS3. The average molecular weight is 436 g/mol. The Hall–Kier alpha value is -0.710. The number of rotatable bonds is 8. The Morgan fingerprint density at radius 2 is 1.96 bits per heavy atom. The summed E-state index contributed by atoms with van der Waals surface area (Å²) in [6.07, 6.45) is 0. The van der Waals surface area contributed by atoms with Crippen molar-refractivity contribution in [1.29, 1.82) is 0 Å². The lowest BCUT2D eigenvalue weighted by molar-refractivity contribution is -0.127. The molecule has 0 fully saturated rings. The van der Waals surface area contributed by atoms with Gasteiger partial charge in [-0.1, -0.05) is 23.5 Å². The zero-order chi connectivity index (χ0) is 16.8. The summed E-state index contributed by atoms with van der Waals surface area (Å²) in [6, 6.07) is 4.09. The molecule has 2 rings (SSSR count). The van der Waals surface area contributed by atoms with Crippen LogP contribution >= 0.6 is 50.8 Å². The van der Waals surface area contributed by atoms with E-state index in [-0.39, 0.29) is 5.91 Å². The summed E-state index contributed by atoms with van der Waals surface area (Å²) < 4.78 is 2.56. The van der Waals surface area contributed by atoms with Gasteiger partial charge in [-0.15, -0.1) is 21.5 Å². The fraction of sp³-hybridized carbons (Fsp3) is 0.462. The lowest BCUT2D eigenvalue weighted by Crippen LogP contribution is -2.32. The molecule has 0 radical (unpaired) electrons. The van der Waals surface area contributed by atoms with Gasteiger partial charge in [-0.2, -0.15) is 0 Å². The van der Waals surface area contributed by atoms with Crippen LogP contribution in [-0.2, 0) is 10.5 Å². The van der Waals surface area contributed by atoms with Gasteiger partial charge < -0.3 is 10.7 Å². The molecule has 2 aromatic rings. The summed E-state index contributed by atoms with van der Waals surface area (Å²) in [5, 5.41) is 9.37. The maximum atomic E-state index is 12.0. The Kier molecular flexibility index (Phi) is 7.25. The summed E-state index contributed by atoms with van der Waals surface area (Å²) >= 11 is 7.98. The molecule has 0 aliphatic carbocycles. The van der Waals surface area contributed by atoms with Crippen molar-refractivity contribution in [2.24, 2.45) is 0 Å². The number of amides is 1. The van der Waals surface area contributed by atoms with Crippen molar-refractivity contribution in [1.82, 2.24) is 19.8 Å². The van der Waals surface area contributed by atoms with Crippen LogP contribution < -0.4 is 5.84 Å². The number of thiophene rings is 1. The maximum Gasteiger partial charge on any atom is 0.233 e. The van der Waals surface area contributed by atoms with Gasteiger partial charge in [0.1, 0.15) is 0 Å². The molecule has 0 saturated carbocycles. The first-order valence-corrected chi connectivity index (χ1v) is 10.6. The van der Waals surface area contributed by atoms with Gasteiger partial charge in [0.15, 0.2) is 0 Å². The van der Waals surface area contributed by atoms with Gasteiger partial charge in [0.05, 0.1) is 9.54 Å². The molecule has 126 valence electrons. The number of nitrogens with two attached hydrogens (primary N) is 1. The molecule has 0 saturated heterocycles. The van der Waals surface area contributed by atoms with Crippen molar-refractivity contribution >= 4 is 56.7 Å². The lowest BCUT2D eigenvalue weighted by atomic mass is 10.5. The van der Waals surface area contributed by atoms with E-state index < -0.39 is 0 Å². The third kappa shape index (κ3) is 5.13. The Morgan fingerprint density at radius 3 is 2.52 bits per heavy atom. The second-order valence-corrected chi connectivity index (χ2v) is 8.92. The Morgan fingerprint density at radius 1 is 1.30 bits per heavy atom. The Labute approximate surface area is 156 Å². The molecule has 2 aromatic heterocycles. The van der Waals surface area contributed by atoms with Crippen LogP contribution in [0.15, 0.2) is 26.2 Å². The van der Waals surface area contributed by atoms with Crippen LogP contribution in [0, 0.1) is 0 Å². The molecule has 23 heavy (non-hydrogen) atoms. The van der Waals surface area contributed by atoms with Gasteiger partial charge in [0.25, 0.3) is 0 Å². The van der Waals surface area contributed by atoms with E-state index in [1.807, 2.05) is 19.9 Å². The van der Waals surface area contributed by atoms with Crippen LogP contribution in [0.3, 0.4) is 0 Å². The first-order valence-electron chi connectivity index (χ1n) is 7.03. The topological polar surface area (TPSA) is 77.0 Å². The monoisotopic (exact) mass is 435 g/mol. The van der Waals surface area contributed by atoms with E-state index in [0.29, 0.717) is 29.2 Å². The average Bonchev–Trinajstić information content (AvgIpc) is 3.10. The largest absolute Gasteiger partial charge is 0.343 e. The second kappa shape index (κ2) is 8.95. The number of nitrogens with zero attached hydrogens (tertiary/aromatic N) is 4. The summed E-state index contributed by atoms with van der Waals surface area (Å²) in [7, 11) is 0. The predicted molar refractivity (Wildman–Crippen MR) is 100 cm³/mol. The molecule has 0 aliphatic rings. The zero-order valence-corrected chi connectivity index (χ0v) is 16.9. The molecule has 0 atom stereocenters. The predicted octanol–water partition coefficient (Wildman–Crippen LogP) is 3.07. The highest BCUT2D eigenvalue weighted by Crippen LogP contribution is 2.29. The van der Waals surface area contributed by atoms with E-state index in [4.69, 9.17) is 5.84 Å². The standard InChI is InChI=1S/C13H18BrN5OS3/c1-3-18(4-2)11(20)8-22-13-17-16-12(19(13)15)21-7-9-5-6-10(14)23-9/h5-6H,3-4,7-8,15H2,1-2H3. The van der Waals surface area contributed by atoms with Crippen LogP contribution in [-0.4, -0.2) is 44.5 Å². The Balaban J connectivity index is 1.90. The number of carbonyl (C=O) groups is 1. The smallest absolute Gasteiger partial charge is 0.233 e. The highest BCUT2D eigenvalue weighted by molar-refractivity contribution is 9.11. The number of thioether (sulfide) groups is 2. The second-order valence-electron chi connectivity index (χ2n) is 4.48. The van der Waals surface area contributed by atoms with Crippen LogP contribution in [0.5, 0.6) is 0 Å². The van der Waals surface area contributed by atoms with E-state index in [9.17, 15) is 4.79 Å². The molecule has 0 bridgehead atoms. The molecular weight excluding hydrogens is 418 g/mol. The normalized spacial score (nSPS) is 10.9. The van der Waals surface area contributed by atoms with Gasteiger partial charge in [0.2, 0.25) is 16.2 Å². The van der Waals surface area contributed by atoms with Gasteiger partial charge in [-0.05, 0) is 41.9 Å². The first-order chi connectivity index (χ1) is 11.0. The van der Waals surface area contributed by atoms with Gasteiger partial charge in [-0.3, -0.25) is 4.79 Å². The summed E-state index contributed by atoms with van der Waals surface area (Å²) in [5.74, 6) is 7.21. The molecule has 0 unspecified atom stereocenters. The number of hydrogen-bond donors (Lipinski definition) is 1. The van der Waals surface area contributed by atoms with Crippen molar-refractivity contribution in [2.75, 3.05) is 24.7 Å². The number of aromatic nitrogens is 3. The third-order valence-electron chi connectivity index (χ3n) is 3.05. The van der Waals surface area contributed by atoms with E-state index in [2.05, 4.69) is 32.2 Å². The minimum Gasteiger partial charge on any atom is -0.343 e. The lowest BCUT2D eigenvalue weighted by Gasteiger charge is -2.17. The summed E-state index contributed by atoms with van der Waals surface area (Å²) in [4.78, 5) is 15.0. The summed E-state index contributed by atoms with van der Waals surface area (Å²) in [6.45, 7) is 5.36. The van der Waals surface area contributed by atoms with Crippen LogP contribution in [0.25, 0.3) is 0 Å². The fourth-order valence-corrected chi connectivity index (χ4v) is 5.02. The van der Waals surface area contributed by atoms with Crippen molar-refractivity contribution in [2.45, 2.75) is 29.9 Å². The van der Waals surface area contributed by atoms with E-state index in [1.165, 1.54) is 33.1 Å². The molecule has 1 amide bonds. The van der Waals surface area contributed by atoms with Crippen LogP contribution in [0.1, 0.15) is 18.7 Å². The minimum absolute atomic E-state index is 0.0839. The molecule has 0 spiro atoms. The van der Waals surface area contributed by atoms with Crippen molar-refractivity contribution in [3.8, 4) is 0 Å². The maximum absolute atomic E-state index is 12.0. The number of carbonyl (C=O) groups excluding carboxylic acids is 1. The molecule has 0 aromatic carbocycles. The highest BCUT2D eigenvalue weighted by Gasteiger charge is 2.15. The quantitative estimate of drug-likeness (QED) is 0.506. The molecule has 10 heteroatoms. The van der Waals surface area contributed by atoms with Gasteiger partial charge >= 0.3 is 0 Å². The summed E-state index contributed by atoms with van der Waals surface area (Å²) in [5.41, 5.74) is 0. The molecule has 6 nitrogen and oxygen atoms in total. The first kappa shape index (κ1) is 18.6. The van der Waals surface area contributed by atoms with E-state index in [1.54, 1.807) is 16.2 Å². The highest BCUT2D eigenvalue weighted by atomic mass is 79.9. The van der Waals surface area contributed by atoms with Crippen LogP contribution in [0.2, 0.25) is 0 Å². The van der Waals surface area contributed by atoms with E-state index >= 15 is 0 Å². The van der Waals surface area contributed by atoms with Gasteiger partial charge in [-0.25, -0.2) is 4.68 Å². The minimum atomic E-state index is 0.0839. The fourth-order valence-electron chi connectivity index (χ4n) is 1.82. The van der Waals surface area contributed by atoms with Crippen LogP contribution in [0.4, 0.5) is 0 Å². The number of hydrogen-bond acceptors (Lipinski definition) is 7. The van der Waals surface area contributed by atoms with Crippen molar-refractivity contribution < 1.29 is 4.79 Å². The van der Waals surface area contributed by atoms with Gasteiger partial charge in [0, 0.05) is 23.7 Å². The number of halogens is 1. The molecule has 0 aliphatic heterocycles. The number of nitrogen functional groups attached to an aromatic ring is 1. The molecule has 2 N–H and O–H groups in total. The third-order valence-corrected chi connectivity index (χ3v) is 6.77. The molecule has 2 heterocycles. The van der Waals surface area contributed by atoms with E-state index in [0.717, 1.165) is 9.54 Å². The zero-order valence-electron chi connectivity index (χ0n) is 12.9. The van der Waals surface area contributed by atoms with Crippen molar-refractivity contribution in [3.05, 3.63) is 20.8 Å².